The highest BCUT2D eigenvalue weighted by atomic mass is 35.5. The summed E-state index contributed by atoms with van der Waals surface area (Å²) in [5.74, 6) is 0.804. The summed E-state index contributed by atoms with van der Waals surface area (Å²) in [6.07, 6.45) is -2.75. The van der Waals surface area contributed by atoms with Crippen molar-refractivity contribution in [3.8, 4) is 57.4 Å². The van der Waals surface area contributed by atoms with Crippen molar-refractivity contribution in [2.24, 2.45) is 0 Å². The smallest absolute Gasteiger partial charge is 0.449 e. The number of ether oxygens (including phenoxy) is 1. The molecule has 1 aliphatic rings. The van der Waals surface area contributed by atoms with E-state index in [1.54, 1.807) is 132 Å². The zero-order chi connectivity index (χ0) is 76.7. The lowest BCUT2D eigenvalue weighted by atomic mass is 10.1. The number of carbonyl (C=O) groups is 4. The fourth-order valence-corrected chi connectivity index (χ4v) is 10.0. The van der Waals surface area contributed by atoms with Crippen molar-refractivity contribution in [1.82, 2.24) is 84.6 Å². The maximum Gasteiger partial charge on any atom is 0.449 e. The van der Waals surface area contributed by atoms with Crippen LogP contribution in [0.1, 0.15) is 101 Å². The molecule has 12 aromatic heterocycles. The molecule has 37 heteroatoms. The first kappa shape index (κ1) is 75.8. The molecule has 4 N–H and O–H groups in total. The van der Waals surface area contributed by atoms with Crippen molar-refractivity contribution in [1.29, 1.82) is 0 Å². The van der Waals surface area contributed by atoms with E-state index >= 15 is 0 Å². The minimum Gasteiger partial charge on any atom is -0.456 e. The number of benzene rings is 1. The molecule has 30 nitrogen and oxygen atoms in total. The fraction of sp³-hybridized carbons (Fsp3) is 0.183. The molecule has 1 saturated heterocycles. The molecule has 1 aliphatic heterocycles. The molecule has 13 heterocycles. The number of pyridine rings is 4. The first-order valence-electron chi connectivity index (χ1n) is 32.2. The van der Waals surface area contributed by atoms with E-state index in [-0.39, 0.29) is 75.1 Å². The molecule has 14 rings (SSSR count). The second kappa shape index (κ2) is 34.1. The first-order chi connectivity index (χ1) is 51.7. The average Bonchev–Trinajstić information content (AvgIpc) is 1.54. The molecule has 4 amide bonds. The summed E-state index contributed by atoms with van der Waals surface area (Å²) in [4.78, 5) is 118. The van der Waals surface area contributed by atoms with E-state index in [9.17, 15) is 45.5 Å². The van der Waals surface area contributed by atoms with Gasteiger partial charge in [-0.05, 0) is 157 Å². The summed E-state index contributed by atoms with van der Waals surface area (Å²) < 4.78 is 103. The van der Waals surface area contributed by atoms with Gasteiger partial charge in [-0.15, -0.1) is 0 Å². The van der Waals surface area contributed by atoms with E-state index in [2.05, 4.69) is 117 Å². The molecular formula is C71H58ClF6N21O9. The normalized spacial score (nSPS) is 12.4. The van der Waals surface area contributed by atoms with Gasteiger partial charge in [-0.2, -0.15) is 66.2 Å². The Kier molecular flexibility index (Phi) is 23.9. The lowest BCUT2D eigenvalue weighted by Crippen LogP contribution is -2.37. The highest BCUT2D eigenvalue weighted by Crippen LogP contribution is 2.37. The Labute approximate surface area is 612 Å². The predicted octanol–water partition coefficient (Wildman–Crippen LogP) is 13.4. The second-order valence-electron chi connectivity index (χ2n) is 22.8. The molecule has 0 bridgehead atoms. The number of hydrogen-bond donors (Lipinski definition) is 4. The highest BCUT2D eigenvalue weighted by molar-refractivity contribution is 6.33. The largest absolute Gasteiger partial charge is 0.456 e. The van der Waals surface area contributed by atoms with E-state index in [1.165, 1.54) is 18.2 Å². The lowest BCUT2D eigenvalue weighted by molar-refractivity contribution is -0.153. The van der Waals surface area contributed by atoms with E-state index in [4.69, 9.17) is 29.6 Å². The minimum atomic E-state index is -4.67. The Hall–Kier alpha value is -13.4. The average molecular weight is 1500 g/mol. The number of amides is 4. The molecule has 0 aliphatic carbocycles. The van der Waals surface area contributed by atoms with Crippen molar-refractivity contribution < 1.29 is 67.9 Å². The number of aromatic nitrogens is 16. The van der Waals surface area contributed by atoms with Gasteiger partial charge in [0.25, 0.3) is 23.6 Å². The number of alkyl halides is 6. The van der Waals surface area contributed by atoms with E-state index in [0.717, 1.165) is 37.0 Å². The molecule has 108 heavy (non-hydrogen) atoms. The molecule has 0 spiro atoms. The van der Waals surface area contributed by atoms with Crippen molar-refractivity contribution in [3.05, 3.63) is 239 Å². The Balaban J connectivity index is 0.000000145. The van der Waals surface area contributed by atoms with E-state index < -0.39 is 53.1 Å². The van der Waals surface area contributed by atoms with Crippen LogP contribution >= 0.6 is 11.6 Å². The fourth-order valence-electron chi connectivity index (χ4n) is 9.75. The number of nitrogens with one attached hydrogen (secondary N) is 4. The van der Waals surface area contributed by atoms with Crippen molar-refractivity contribution in [2.45, 2.75) is 59.9 Å². The number of aryl methyl sites for hydroxylation is 5. The summed E-state index contributed by atoms with van der Waals surface area (Å²) in [6, 6.07) is 35.4. The van der Waals surface area contributed by atoms with Crippen LogP contribution in [-0.2, 0) is 17.1 Å². The number of nitrogens with zero attached hydrogens (tertiary/aromatic N) is 17. The lowest BCUT2D eigenvalue weighted by Gasteiger charge is -2.31. The third kappa shape index (κ3) is 20.3. The standard InChI is InChI=1S/C21H13ClF3N5O2.C20H22N6O3.C15H10F3N5O2.C15H13N5O2/c1-11-27-18(15-4-2-3-9-26-15)29-20(28-11)30-19(31)17-8-7-16(32-17)13-6-5-12(10-14(13)22)21(23,24)25;1-13(26-9-11-28-12-10-26)16-6-7-17(29-16)19(27)25-20-23-14(2)22-18(24-20)15-5-3-4-8-21-15;1-8-20-12(9-4-2-3-7-19-9)22-14(21-8)23-13(24)10-5-6-11(25-10)15(16,17)18;1-9-6-7-12(22-9)14(21)20-15-18-10(2)17-13(19-15)11-5-3-4-8-16-11/h2-10H,1H3,(H,27,28,29,30,31);3-8,13H,9-12H2,1-2H3,(H,22,23,24,25,27);2-7H,1H3,(H,20,21,22,23,24);3-8H,1-2H3,(H,17,18,19,20,21). The maximum atomic E-state index is 12.8. The van der Waals surface area contributed by atoms with Crippen LogP contribution in [0.15, 0.2) is 182 Å². The quantitative estimate of drug-likeness (QED) is 0.0693. The second-order valence-corrected chi connectivity index (χ2v) is 23.2. The van der Waals surface area contributed by atoms with Gasteiger partial charge < -0.3 is 22.4 Å². The van der Waals surface area contributed by atoms with Gasteiger partial charge in [0, 0.05) is 43.4 Å². The van der Waals surface area contributed by atoms with Crippen molar-refractivity contribution >= 4 is 59.0 Å². The van der Waals surface area contributed by atoms with Gasteiger partial charge in [-0.25, -0.2) is 19.9 Å². The van der Waals surface area contributed by atoms with Gasteiger partial charge in [0.15, 0.2) is 46.3 Å². The Morgan fingerprint density at radius 3 is 1.17 bits per heavy atom. The number of carbonyl (C=O) groups excluding carboxylic acids is 4. The number of furan rings is 4. The Morgan fingerprint density at radius 2 is 0.806 bits per heavy atom. The number of hydrogen-bond acceptors (Lipinski definition) is 26. The van der Waals surface area contributed by atoms with Gasteiger partial charge >= 0.3 is 12.4 Å². The van der Waals surface area contributed by atoms with Crippen LogP contribution in [0.4, 0.5) is 50.1 Å². The third-order valence-corrected chi connectivity index (χ3v) is 15.1. The highest BCUT2D eigenvalue weighted by Gasteiger charge is 2.36. The molecule has 13 aromatic rings. The molecule has 550 valence electrons. The number of anilines is 4. The van der Waals surface area contributed by atoms with Crippen LogP contribution in [0, 0.1) is 34.6 Å². The van der Waals surface area contributed by atoms with Gasteiger partial charge in [0.05, 0.1) is 29.8 Å². The topological polar surface area (TPSA) is 388 Å². The van der Waals surface area contributed by atoms with Crippen LogP contribution in [-0.4, -0.2) is 135 Å². The summed E-state index contributed by atoms with van der Waals surface area (Å²) in [5, 5.41) is 9.92. The maximum absolute atomic E-state index is 12.8. The molecular weight excluding hydrogens is 1440 g/mol. The van der Waals surface area contributed by atoms with Gasteiger partial charge in [0.1, 0.15) is 63.4 Å². The summed E-state index contributed by atoms with van der Waals surface area (Å²) in [5.41, 5.74) is 1.51. The Morgan fingerprint density at radius 1 is 0.426 bits per heavy atom. The molecule has 1 fully saturated rings. The molecule has 0 radical (unpaired) electrons. The van der Waals surface area contributed by atoms with E-state index in [1.807, 2.05) is 24.3 Å². The van der Waals surface area contributed by atoms with Gasteiger partial charge in [0.2, 0.25) is 29.6 Å². The summed E-state index contributed by atoms with van der Waals surface area (Å²) in [6.45, 7) is 13.6. The van der Waals surface area contributed by atoms with Crippen LogP contribution in [0.3, 0.4) is 0 Å². The van der Waals surface area contributed by atoms with Crippen LogP contribution in [0.2, 0.25) is 5.02 Å². The third-order valence-electron chi connectivity index (χ3n) is 14.8. The molecule has 1 unspecified atom stereocenters. The monoisotopic (exact) mass is 1500 g/mol. The van der Waals surface area contributed by atoms with Gasteiger partial charge in [-0.1, -0.05) is 35.9 Å². The van der Waals surface area contributed by atoms with Gasteiger partial charge in [-0.3, -0.25) is 65.3 Å². The van der Waals surface area contributed by atoms with Crippen molar-refractivity contribution in [2.75, 3.05) is 47.6 Å². The first-order valence-corrected chi connectivity index (χ1v) is 32.6. The van der Waals surface area contributed by atoms with Crippen LogP contribution < -0.4 is 21.3 Å². The number of rotatable bonds is 15. The van der Waals surface area contributed by atoms with Crippen LogP contribution in [0.5, 0.6) is 0 Å². The molecule has 1 aromatic carbocycles. The SMILES string of the molecule is Cc1nc(NC(=O)c2ccc(-c3ccc(C(F)(F)F)cc3Cl)o2)nc(-c2ccccn2)n1.Cc1nc(NC(=O)c2ccc(C(C)N3CCOCC3)o2)nc(-c2ccccn2)n1.Cc1nc(NC(=O)c2ccc(C(F)(F)F)o2)nc(-c2ccccn2)n1.Cc1nc(NC(=O)c2ccc(C)o2)nc(-c2ccccn2)n1. The molecule has 0 saturated carbocycles. The predicted molar refractivity (Wildman–Crippen MR) is 374 cm³/mol. The number of halogens is 7. The molecule has 1 atom stereocenters. The minimum absolute atomic E-state index is 0.00587. The zero-order valence-corrected chi connectivity index (χ0v) is 58.2. The zero-order valence-electron chi connectivity index (χ0n) is 57.4. The number of morpholine rings is 1. The van der Waals surface area contributed by atoms with Crippen LogP contribution in [0.25, 0.3) is 57.4 Å². The summed E-state index contributed by atoms with van der Waals surface area (Å²) >= 11 is 5.99. The summed E-state index contributed by atoms with van der Waals surface area (Å²) in [7, 11) is 0. The Bertz CT molecular complexity index is 5300. The van der Waals surface area contributed by atoms with Crippen molar-refractivity contribution in [3.63, 3.8) is 0 Å². The van der Waals surface area contributed by atoms with E-state index in [0.29, 0.717) is 82.8 Å².